The average Bonchev–Trinajstić information content (AvgIpc) is 3.03. The van der Waals surface area contributed by atoms with Gasteiger partial charge in [0, 0.05) is 30.4 Å². The van der Waals surface area contributed by atoms with Crippen molar-refractivity contribution in [3.63, 3.8) is 0 Å². The number of nitrogens with zero attached hydrogens (tertiary/aromatic N) is 1. The molecule has 1 aromatic carbocycles. The van der Waals surface area contributed by atoms with Crippen LogP contribution in [-0.2, 0) is 23.8 Å². The van der Waals surface area contributed by atoms with Gasteiger partial charge in [-0.3, -0.25) is 4.79 Å². The van der Waals surface area contributed by atoms with Crippen molar-refractivity contribution in [1.82, 2.24) is 4.98 Å². The van der Waals surface area contributed by atoms with Gasteiger partial charge in [0.2, 0.25) is 5.79 Å². The molecule has 1 aliphatic heterocycles. The minimum atomic E-state index is -1.01. The van der Waals surface area contributed by atoms with Gasteiger partial charge in [0.15, 0.2) is 6.10 Å². The summed E-state index contributed by atoms with van der Waals surface area (Å²) in [6, 6.07) is 7.53. The second-order valence-corrected chi connectivity index (χ2v) is 6.85. The number of ether oxygens (including phenoxy) is 3. The number of benzene rings is 1. The normalized spacial score (nSPS) is 17.1. The minimum absolute atomic E-state index is 0.389. The molecule has 0 saturated heterocycles. The first-order valence-corrected chi connectivity index (χ1v) is 8.55. The van der Waals surface area contributed by atoms with Crippen LogP contribution in [0.5, 0.6) is 0 Å². The topological polar surface area (TPSA) is 74.7 Å². The van der Waals surface area contributed by atoms with E-state index in [-0.39, 0.29) is 6.10 Å². The third-order valence-corrected chi connectivity index (χ3v) is 4.53. The van der Waals surface area contributed by atoms with Crippen LogP contribution in [-0.4, -0.2) is 23.2 Å². The Morgan fingerprint density at radius 1 is 1.28 bits per heavy atom. The molecule has 2 heterocycles. The zero-order chi connectivity index (χ0) is 18.0. The van der Waals surface area contributed by atoms with Gasteiger partial charge in [-0.2, -0.15) is 0 Å². The largest absolute Gasteiger partial charge is 0.457 e. The summed E-state index contributed by atoms with van der Waals surface area (Å²) in [6.45, 7) is 5.55. The van der Waals surface area contributed by atoms with E-state index < -0.39 is 11.8 Å². The highest BCUT2D eigenvalue weighted by Crippen LogP contribution is 2.32. The van der Waals surface area contributed by atoms with Crippen LogP contribution >= 0.6 is 11.3 Å². The summed E-state index contributed by atoms with van der Waals surface area (Å²) in [5, 5.41) is 2.61. The van der Waals surface area contributed by atoms with Crippen LogP contribution in [0.15, 0.2) is 35.7 Å². The van der Waals surface area contributed by atoms with E-state index in [1.807, 2.05) is 29.6 Å². The number of hydrogen-bond acceptors (Lipinski definition) is 7. The third-order valence-electron chi connectivity index (χ3n) is 3.52. The Balaban J connectivity index is 1.90. The molecular formula is C18H17NO5S. The molecule has 1 unspecified atom stereocenters. The van der Waals surface area contributed by atoms with Gasteiger partial charge in [-0.15, -0.1) is 11.3 Å². The number of carbonyl (C=O) groups is 2. The van der Waals surface area contributed by atoms with Gasteiger partial charge in [-0.25, -0.2) is 9.78 Å². The molecule has 7 heteroatoms. The summed E-state index contributed by atoms with van der Waals surface area (Å²) >= 11 is 1.42. The lowest BCUT2D eigenvalue weighted by molar-refractivity contribution is -0.193. The number of esters is 1. The van der Waals surface area contributed by atoms with E-state index in [2.05, 4.69) is 4.98 Å². The third kappa shape index (κ3) is 3.88. The maximum atomic E-state index is 11.7. The maximum Gasteiger partial charge on any atom is 0.337 e. The van der Waals surface area contributed by atoms with E-state index >= 15 is 0 Å². The summed E-state index contributed by atoms with van der Waals surface area (Å²) in [5.41, 5.74) is 2.40. The summed E-state index contributed by atoms with van der Waals surface area (Å²) in [7, 11) is 0. The molecule has 1 atom stereocenters. The molecule has 2 aromatic rings. The number of carbonyl (C=O) groups excluding carboxylic acids is 2. The zero-order valence-electron chi connectivity index (χ0n) is 14.0. The molecule has 1 aliphatic rings. The van der Waals surface area contributed by atoms with Gasteiger partial charge < -0.3 is 14.2 Å². The minimum Gasteiger partial charge on any atom is -0.457 e. The summed E-state index contributed by atoms with van der Waals surface area (Å²) in [5.74, 6) is -0.990. The smallest absolute Gasteiger partial charge is 0.337 e. The zero-order valence-corrected chi connectivity index (χ0v) is 14.8. The van der Waals surface area contributed by atoms with Crippen LogP contribution < -0.4 is 0 Å². The van der Waals surface area contributed by atoms with Gasteiger partial charge in [0.05, 0.1) is 11.8 Å². The van der Waals surface area contributed by atoms with Crippen LogP contribution in [0.3, 0.4) is 0 Å². The fraction of sp³-hybridized carbons (Fsp3) is 0.278. The van der Waals surface area contributed by atoms with Crippen LogP contribution in [0.1, 0.15) is 37.4 Å². The predicted molar refractivity (Wildman–Crippen MR) is 92.3 cm³/mol. The van der Waals surface area contributed by atoms with Gasteiger partial charge in [0.1, 0.15) is 10.8 Å². The molecule has 1 aromatic heterocycles. The van der Waals surface area contributed by atoms with E-state index in [9.17, 15) is 9.59 Å². The molecule has 0 fully saturated rings. The van der Waals surface area contributed by atoms with Crippen molar-refractivity contribution in [2.24, 2.45) is 0 Å². The standard InChI is InChI=1S/C18H17NO5S/c1-11(22-10-20)17-19-14(9-25-17)12-5-4-6-13(7-12)15-8-16(21)24-18(2,3)23-15/h4-11H,1-3H3. The Morgan fingerprint density at radius 2 is 2.04 bits per heavy atom. The summed E-state index contributed by atoms with van der Waals surface area (Å²) in [4.78, 5) is 26.7. The van der Waals surface area contributed by atoms with Gasteiger partial charge in [-0.05, 0) is 13.0 Å². The van der Waals surface area contributed by atoms with Crippen LogP contribution in [0, 0.1) is 0 Å². The van der Waals surface area contributed by atoms with Gasteiger partial charge in [-0.1, -0.05) is 18.2 Å². The molecule has 0 amide bonds. The number of thiazole rings is 1. The molecule has 0 bridgehead atoms. The molecule has 25 heavy (non-hydrogen) atoms. The van der Waals surface area contributed by atoms with Crippen LogP contribution in [0.2, 0.25) is 0 Å². The number of rotatable bonds is 5. The highest BCUT2D eigenvalue weighted by molar-refractivity contribution is 7.10. The number of hydrogen-bond donors (Lipinski definition) is 0. The van der Waals surface area contributed by atoms with Crippen molar-refractivity contribution in [2.75, 3.05) is 0 Å². The van der Waals surface area contributed by atoms with Crippen molar-refractivity contribution in [3.05, 3.63) is 46.3 Å². The second kappa shape index (κ2) is 6.68. The molecule has 0 saturated carbocycles. The maximum absolute atomic E-state index is 11.7. The van der Waals surface area contributed by atoms with E-state index in [4.69, 9.17) is 14.2 Å². The van der Waals surface area contributed by atoms with E-state index in [1.165, 1.54) is 17.4 Å². The lowest BCUT2D eigenvalue weighted by atomic mass is 10.1. The SMILES string of the molecule is CC(OC=O)c1nc(-c2cccc(C3=CC(=O)OC(C)(C)O3)c2)cs1. The fourth-order valence-corrected chi connectivity index (χ4v) is 3.24. The first kappa shape index (κ1) is 17.2. The second-order valence-electron chi connectivity index (χ2n) is 5.96. The van der Waals surface area contributed by atoms with Crippen molar-refractivity contribution >= 4 is 29.5 Å². The summed E-state index contributed by atoms with van der Waals surface area (Å²) < 4.78 is 15.8. The van der Waals surface area contributed by atoms with E-state index in [1.54, 1.807) is 20.8 Å². The van der Waals surface area contributed by atoms with E-state index in [0.717, 1.165) is 16.8 Å². The van der Waals surface area contributed by atoms with Crippen LogP contribution in [0.25, 0.3) is 17.0 Å². The van der Waals surface area contributed by atoms with E-state index in [0.29, 0.717) is 17.2 Å². The molecule has 0 N–H and O–H groups in total. The van der Waals surface area contributed by atoms with Crippen molar-refractivity contribution < 1.29 is 23.8 Å². The van der Waals surface area contributed by atoms with Gasteiger partial charge in [0.25, 0.3) is 6.47 Å². The van der Waals surface area contributed by atoms with Crippen molar-refractivity contribution in [3.8, 4) is 11.3 Å². The Hall–Kier alpha value is -2.67. The fourth-order valence-electron chi connectivity index (χ4n) is 2.42. The highest BCUT2D eigenvalue weighted by atomic mass is 32.1. The molecule has 3 rings (SSSR count). The number of cyclic esters (lactones) is 1. The first-order chi connectivity index (χ1) is 11.9. The lowest BCUT2D eigenvalue weighted by Crippen LogP contribution is -2.33. The number of aromatic nitrogens is 1. The average molecular weight is 359 g/mol. The van der Waals surface area contributed by atoms with Crippen LogP contribution in [0.4, 0.5) is 0 Å². The Labute approximate surface area is 149 Å². The molecule has 6 nitrogen and oxygen atoms in total. The van der Waals surface area contributed by atoms with Crippen molar-refractivity contribution in [2.45, 2.75) is 32.7 Å². The molecule has 130 valence electrons. The Bertz CT molecular complexity index is 839. The van der Waals surface area contributed by atoms with Gasteiger partial charge >= 0.3 is 5.97 Å². The Kier molecular flexibility index (Phi) is 4.59. The molecule has 0 spiro atoms. The quantitative estimate of drug-likeness (QED) is 0.599. The summed E-state index contributed by atoms with van der Waals surface area (Å²) in [6.07, 6.45) is 0.941. The van der Waals surface area contributed by atoms with Crippen molar-refractivity contribution in [1.29, 1.82) is 0 Å². The highest BCUT2D eigenvalue weighted by Gasteiger charge is 2.30. The molecule has 0 radical (unpaired) electrons. The first-order valence-electron chi connectivity index (χ1n) is 7.67. The molecular weight excluding hydrogens is 342 g/mol. The lowest BCUT2D eigenvalue weighted by Gasteiger charge is -2.30. The Morgan fingerprint density at radius 3 is 2.76 bits per heavy atom. The monoisotopic (exact) mass is 359 g/mol. The predicted octanol–water partition coefficient (Wildman–Crippen LogP) is 3.69. The molecule has 0 aliphatic carbocycles.